The lowest BCUT2D eigenvalue weighted by Crippen LogP contribution is -2.48. The average molecular weight is 321 g/mol. The summed E-state index contributed by atoms with van der Waals surface area (Å²) in [7, 11) is 0. The number of nitrogens with zero attached hydrogens (tertiary/aromatic N) is 2. The van der Waals surface area contributed by atoms with Crippen LogP contribution in [0.25, 0.3) is 0 Å². The van der Waals surface area contributed by atoms with Crippen LogP contribution in [0.5, 0.6) is 0 Å². The SMILES string of the molecule is O=C(CN1C(=O)CNC1=O)N1CCO[C@@H](c2ccc(F)cc2)C1. The summed E-state index contributed by atoms with van der Waals surface area (Å²) in [5, 5.41) is 2.37. The van der Waals surface area contributed by atoms with E-state index in [1.54, 1.807) is 17.0 Å². The molecule has 1 aromatic carbocycles. The number of hydrogen-bond acceptors (Lipinski definition) is 4. The molecule has 23 heavy (non-hydrogen) atoms. The van der Waals surface area contributed by atoms with Gasteiger partial charge in [0.2, 0.25) is 5.91 Å². The van der Waals surface area contributed by atoms with E-state index in [2.05, 4.69) is 5.32 Å². The number of imide groups is 1. The van der Waals surface area contributed by atoms with Crippen LogP contribution >= 0.6 is 0 Å². The highest BCUT2D eigenvalue weighted by Crippen LogP contribution is 2.22. The number of rotatable bonds is 3. The van der Waals surface area contributed by atoms with E-state index in [0.29, 0.717) is 19.7 Å². The molecule has 1 aromatic rings. The van der Waals surface area contributed by atoms with Crippen LogP contribution in [0.2, 0.25) is 0 Å². The van der Waals surface area contributed by atoms with Crippen molar-refractivity contribution < 1.29 is 23.5 Å². The Morgan fingerprint density at radius 2 is 2.04 bits per heavy atom. The summed E-state index contributed by atoms with van der Waals surface area (Å²) in [6.07, 6.45) is -0.351. The van der Waals surface area contributed by atoms with Crippen LogP contribution in [-0.2, 0) is 14.3 Å². The molecule has 4 amide bonds. The third kappa shape index (κ3) is 3.31. The largest absolute Gasteiger partial charge is 0.370 e. The molecule has 2 aliphatic heterocycles. The van der Waals surface area contributed by atoms with Crippen molar-refractivity contribution in [3.8, 4) is 0 Å². The van der Waals surface area contributed by atoms with Gasteiger partial charge in [-0.2, -0.15) is 0 Å². The third-order valence-corrected chi connectivity index (χ3v) is 3.89. The van der Waals surface area contributed by atoms with Gasteiger partial charge in [-0.25, -0.2) is 9.18 Å². The van der Waals surface area contributed by atoms with Gasteiger partial charge in [0.1, 0.15) is 18.5 Å². The van der Waals surface area contributed by atoms with Crippen LogP contribution in [0.3, 0.4) is 0 Å². The zero-order chi connectivity index (χ0) is 16.4. The van der Waals surface area contributed by atoms with Crippen molar-refractivity contribution in [2.75, 3.05) is 32.8 Å². The van der Waals surface area contributed by atoms with E-state index >= 15 is 0 Å². The number of ether oxygens (including phenoxy) is 1. The molecule has 3 rings (SSSR count). The molecule has 0 radical (unpaired) electrons. The average Bonchev–Trinajstić information content (AvgIpc) is 2.87. The maximum absolute atomic E-state index is 13.0. The van der Waals surface area contributed by atoms with Crippen molar-refractivity contribution in [1.29, 1.82) is 0 Å². The molecule has 0 aliphatic carbocycles. The fourth-order valence-corrected chi connectivity index (χ4v) is 2.61. The Kier molecular flexibility index (Phi) is 4.24. The molecule has 0 spiro atoms. The van der Waals surface area contributed by atoms with Crippen molar-refractivity contribution in [3.63, 3.8) is 0 Å². The van der Waals surface area contributed by atoms with E-state index in [1.165, 1.54) is 12.1 Å². The van der Waals surface area contributed by atoms with Gasteiger partial charge in [-0.05, 0) is 17.7 Å². The van der Waals surface area contributed by atoms with Gasteiger partial charge in [-0.3, -0.25) is 14.5 Å². The molecular formula is C15H16FN3O4. The van der Waals surface area contributed by atoms with Crippen molar-refractivity contribution in [2.24, 2.45) is 0 Å². The van der Waals surface area contributed by atoms with Gasteiger partial charge in [0, 0.05) is 6.54 Å². The number of carbonyl (C=O) groups is 3. The summed E-state index contributed by atoms with van der Waals surface area (Å²) < 4.78 is 18.6. The van der Waals surface area contributed by atoms with Gasteiger partial charge in [-0.1, -0.05) is 12.1 Å². The molecule has 8 heteroatoms. The number of nitrogens with one attached hydrogen (secondary N) is 1. The Labute approximate surface area is 132 Å². The number of morpholine rings is 1. The second-order valence-corrected chi connectivity index (χ2v) is 5.39. The van der Waals surface area contributed by atoms with Gasteiger partial charge < -0.3 is 15.0 Å². The number of urea groups is 1. The standard InChI is InChI=1S/C15H16FN3O4/c16-11-3-1-10(2-4-11)12-8-18(5-6-23-12)14(21)9-19-13(20)7-17-15(19)22/h1-4,12H,5-9H2,(H,17,22)/t12-/m1/s1. The zero-order valence-electron chi connectivity index (χ0n) is 12.3. The van der Waals surface area contributed by atoms with E-state index in [1.807, 2.05) is 0 Å². The summed E-state index contributed by atoms with van der Waals surface area (Å²) in [4.78, 5) is 37.8. The van der Waals surface area contributed by atoms with Crippen LogP contribution in [-0.4, -0.2) is 60.4 Å². The molecule has 1 N–H and O–H groups in total. The van der Waals surface area contributed by atoms with E-state index in [4.69, 9.17) is 4.74 Å². The highest BCUT2D eigenvalue weighted by Gasteiger charge is 2.33. The lowest BCUT2D eigenvalue weighted by Gasteiger charge is -2.33. The van der Waals surface area contributed by atoms with Crippen molar-refractivity contribution in [1.82, 2.24) is 15.1 Å². The van der Waals surface area contributed by atoms with E-state index < -0.39 is 11.9 Å². The minimum Gasteiger partial charge on any atom is -0.370 e. The topological polar surface area (TPSA) is 79.0 Å². The molecule has 2 saturated heterocycles. The first kappa shape index (κ1) is 15.4. The molecule has 122 valence electrons. The Hall–Kier alpha value is -2.48. The highest BCUT2D eigenvalue weighted by molar-refractivity contribution is 6.04. The maximum Gasteiger partial charge on any atom is 0.325 e. The van der Waals surface area contributed by atoms with Crippen molar-refractivity contribution in [3.05, 3.63) is 35.6 Å². The fraction of sp³-hybridized carbons (Fsp3) is 0.400. The van der Waals surface area contributed by atoms with Crippen molar-refractivity contribution in [2.45, 2.75) is 6.10 Å². The first-order valence-corrected chi connectivity index (χ1v) is 7.27. The lowest BCUT2D eigenvalue weighted by molar-refractivity contribution is -0.142. The minimum atomic E-state index is -0.549. The number of benzene rings is 1. The molecule has 0 unspecified atom stereocenters. The highest BCUT2D eigenvalue weighted by atomic mass is 19.1. The summed E-state index contributed by atoms with van der Waals surface area (Å²) in [5.41, 5.74) is 0.777. The molecule has 2 aliphatic rings. The van der Waals surface area contributed by atoms with Crippen LogP contribution in [0.15, 0.2) is 24.3 Å². The fourth-order valence-electron chi connectivity index (χ4n) is 2.61. The van der Waals surface area contributed by atoms with E-state index in [9.17, 15) is 18.8 Å². The van der Waals surface area contributed by atoms with Crippen LogP contribution < -0.4 is 5.32 Å². The molecule has 2 fully saturated rings. The van der Waals surface area contributed by atoms with Gasteiger partial charge >= 0.3 is 6.03 Å². The minimum absolute atomic E-state index is 0.0760. The predicted molar refractivity (Wildman–Crippen MR) is 76.8 cm³/mol. The van der Waals surface area contributed by atoms with Gasteiger partial charge in [0.05, 0.1) is 19.7 Å². The van der Waals surface area contributed by atoms with Gasteiger partial charge in [0.15, 0.2) is 0 Å². The quantitative estimate of drug-likeness (QED) is 0.811. The Morgan fingerprint density at radius 1 is 1.30 bits per heavy atom. The zero-order valence-corrected chi connectivity index (χ0v) is 12.3. The summed E-state index contributed by atoms with van der Waals surface area (Å²) in [5.74, 6) is -1.06. The van der Waals surface area contributed by atoms with Gasteiger partial charge in [0.25, 0.3) is 5.91 Å². The first-order chi connectivity index (χ1) is 11.0. The second kappa shape index (κ2) is 6.33. The molecule has 7 nitrogen and oxygen atoms in total. The summed E-state index contributed by atoms with van der Waals surface area (Å²) in [6, 6.07) is 5.36. The van der Waals surface area contributed by atoms with Crippen LogP contribution in [0, 0.1) is 5.82 Å². The molecular weight excluding hydrogens is 305 g/mol. The predicted octanol–water partition coefficient (Wildman–Crippen LogP) is 0.277. The summed E-state index contributed by atoms with van der Waals surface area (Å²) >= 11 is 0. The maximum atomic E-state index is 13.0. The lowest BCUT2D eigenvalue weighted by atomic mass is 10.1. The van der Waals surface area contributed by atoms with Gasteiger partial charge in [-0.15, -0.1) is 0 Å². The smallest absolute Gasteiger partial charge is 0.325 e. The molecule has 2 heterocycles. The number of carbonyl (C=O) groups excluding carboxylic acids is 3. The Bertz CT molecular complexity index is 618. The third-order valence-electron chi connectivity index (χ3n) is 3.89. The van der Waals surface area contributed by atoms with E-state index in [0.717, 1.165) is 10.5 Å². The molecule has 0 bridgehead atoms. The number of amides is 4. The molecule has 1 atom stereocenters. The second-order valence-electron chi connectivity index (χ2n) is 5.39. The summed E-state index contributed by atoms with van der Waals surface area (Å²) in [6.45, 7) is 0.677. The van der Waals surface area contributed by atoms with Crippen LogP contribution in [0.4, 0.5) is 9.18 Å². The van der Waals surface area contributed by atoms with Crippen molar-refractivity contribution >= 4 is 17.8 Å². The Balaban J connectivity index is 1.63. The van der Waals surface area contributed by atoms with Crippen LogP contribution in [0.1, 0.15) is 11.7 Å². The monoisotopic (exact) mass is 321 g/mol. The number of hydrogen-bond donors (Lipinski definition) is 1. The molecule has 0 saturated carbocycles. The normalized spacial score (nSPS) is 21.5. The molecule has 0 aromatic heterocycles. The number of halogens is 1. The first-order valence-electron chi connectivity index (χ1n) is 7.27. The van der Waals surface area contributed by atoms with E-state index in [-0.39, 0.29) is 30.9 Å². The Morgan fingerprint density at radius 3 is 2.70 bits per heavy atom.